The third kappa shape index (κ3) is 2.01. The number of benzene rings is 1. The van der Waals surface area contributed by atoms with Crippen LogP contribution in [0.3, 0.4) is 0 Å². The molecular formula is C8H12NO2+. The Kier molecular flexibility index (Phi) is 3.04. The molecule has 1 aromatic rings. The Bertz CT molecular complexity index is 197. The van der Waals surface area contributed by atoms with E-state index in [2.05, 4.69) is 0 Å². The molecule has 0 aliphatic carbocycles. The molecule has 60 valence electrons. The van der Waals surface area contributed by atoms with E-state index in [4.69, 9.17) is 9.68 Å². The third-order valence-corrected chi connectivity index (χ3v) is 1.38. The largest absolute Gasteiger partial charge is 0.197 e. The van der Waals surface area contributed by atoms with Gasteiger partial charge in [0.1, 0.15) is 14.2 Å². The molecule has 0 aliphatic heterocycles. The van der Waals surface area contributed by atoms with Crippen molar-refractivity contribution in [2.75, 3.05) is 14.2 Å². The van der Waals surface area contributed by atoms with Crippen molar-refractivity contribution in [3.05, 3.63) is 30.3 Å². The molecule has 0 atom stereocenters. The summed E-state index contributed by atoms with van der Waals surface area (Å²) in [6, 6.07) is 9.69. The molecule has 0 aromatic heterocycles. The molecule has 3 heteroatoms. The summed E-state index contributed by atoms with van der Waals surface area (Å²) in [5, 5.41) is 0.547. The van der Waals surface area contributed by atoms with E-state index >= 15 is 0 Å². The van der Waals surface area contributed by atoms with Crippen molar-refractivity contribution in [1.82, 2.24) is 0 Å². The van der Waals surface area contributed by atoms with Gasteiger partial charge in [0.25, 0.3) is 0 Å². The van der Waals surface area contributed by atoms with Crippen molar-refractivity contribution in [1.29, 1.82) is 0 Å². The highest BCUT2D eigenvalue weighted by molar-refractivity contribution is 5.26. The number of nitrogens with one attached hydrogen (secondary N) is 1. The maximum Gasteiger partial charge on any atom is 0.197 e. The fraction of sp³-hybridized carbons (Fsp3) is 0.250. The number of quaternary nitrogens is 1. The zero-order valence-electron chi connectivity index (χ0n) is 6.70. The van der Waals surface area contributed by atoms with Crippen LogP contribution in [0.25, 0.3) is 0 Å². The van der Waals surface area contributed by atoms with Crippen LogP contribution in [0.2, 0.25) is 0 Å². The van der Waals surface area contributed by atoms with Gasteiger partial charge in [-0.15, -0.1) is 0 Å². The Balaban J connectivity index is 2.74. The van der Waals surface area contributed by atoms with Crippen molar-refractivity contribution in [2.24, 2.45) is 0 Å². The van der Waals surface area contributed by atoms with Gasteiger partial charge in [-0.05, 0) is 5.23 Å². The molecule has 0 saturated heterocycles. The summed E-state index contributed by atoms with van der Waals surface area (Å²) >= 11 is 0. The normalized spacial score (nSPS) is 10.5. The minimum absolute atomic E-state index is 0.547. The summed E-state index contributed by atoms with van der Waals surface area (Å²) in [4.78, 5) is 9.96. The molecular weight excluding hydrogens is 142 g/mol. The van der Waals surface area contributed by atoms with Crippen molar-refractivity contribution >= 4 is 5.69 Å². The van der Waals surface area contributed by atoms with E-state index in [1.165, 1.54) is 0 Å². The summed E-state index contributed by atoms with van der Waals surface area (Å²) in [7, 11) is 3.18. The fourth-order valence-electron chi connectivity index (χ4n) is 0.893. The predicted octanol–water partition coefficient (Wildman–Crippen LogP) is 0.326. The topological polar surface area (TPSA) is 22.9 Å². The van der Waals surface area contributed by atoms with Crippen LogP contribution >= 0.6 is 0 Å². The lowest BCUT2D eigenvalue weighted by molar-refractivity contribution is -1.19. The Morgan fingerprint density at radius 1 is 1.00 bits per heavy atom. The van der Waals surface area contributed by atoms with Crippen molar-refractivity contribution < 1.29 is 14.9 Å². The van der Waals surface area contributed by atoms with Gasteiger partial charge >= 0.3 is 0 Å². The minimum atomic E-state index is 0.547. The van der Waals surface area contributed by atoms with Gasteiger partial charge in [0.15, 0.2) is 5.69 Å². The average Bonchev–Trinajstić information content (AvgIpc) is 2.09. The van der Waals surface area contributed by atoms with Crippen LogP contribution in [0.5, 0.6) is 0 Å². The highest BCUT2D eigenvalue weighted by Crippen LogP contribution is 1.97. The van der Waals surface area contributed by atoms with E-state index in [-0.39, 0.29) is 0 Å². The smallest absolute Gasteiger partial charge is 0.168 e. The Morgan fingerprint density at radius 3 is 2.00 bits per heavy atom. The van der Waals surface area contributed by atoms with E-state index in [1.807, 2.05) is 30.3 Å². The Labute approximate surface area is 66.1 Å². The standard InChI is InChI=1S/C8H11NO2/c1-10-9(11-2)8-6-4-3-5-7-8/h3-7H,1-2H3/p+1. The van der Waals surface area contributed by atoms with Gasteiger partial charge in [0, 0.05) is 12.1 Å². The number of rotatable bonds is 3. The zero-order valence-corrected chi connectivity index (χ0v) is 6.70. The summed E-state index contributed by atoms with van der Waals surface area (Å²) in [5.74, 6) is 0. The second kappa shape index (κ2) is 4.08. The van der Waals surface area contributed by atoms with Crippen molar-refractivity contribution in [3.63, 3.8) is 0 Å². The monoisotopic (exact) mass is 154 g/mol. The maximum atomic E-state index is 4.98. The average molecular weight is 154 g/mol. The summed E-state index contributed by atoms with van der Waals surface area (Å²) in [5.41, 5.74) is 0.956. The molecule has 0 aliphatic rings. The van der Waals surface area contributed by atoms with Crippen LogP contribution in [0.4, 0.5) is 5.69 Å². The molecule has 11 heavy (non-hydrogen) atoms. The van der Waals surface area contributed by atoms with E-state index in [1.54, 1.807) is 14.2 Å². The first-order valence-corrected chi connectivity index (χ1v) is 3.39. The molecule has 0 bridgehead atoms. The zero-order chi connectivity index (χ0) is 8.10. The number of hydrogen-bond acceptors (Lipinski definition) is 2. The van der Waals surface area contributed by atoms with Crippen LogP contribution in [-0.4, -0.2) is 14.2 Å². The summed E-state index contributed by atoms with van der Waals surface area (Å²) in [6.45, 7) is 0. The maximum absolute atomic E-state index is 4.98. The van der Waals surface area contributed by atoms with E-state index in [0.29, 0.717) is 5.23 Å². The first-order valence-electron chi connectivity index (χ1n) is 3.39. The highest BCUT2D eigenvalue weighted by Gasteiger charge is 2.08. The molecule has 0 spiro atoms. The fourth-order valence-corrected chi connectivity index (χ4v) is 0.893. The van der Waals surface area contributed by atoms with Crippen molar-refractivity contribution in [2.45, 2.75) is 0 Å². The first-order chi connectivity index (χ1) is 5.38. The van der Waals surface area contributed by atoms with Gasteiger partial charge < -0.3 is 0 Å². The van der Waals surface area contributed by atoms with Gasteiger partial charge in [-0.3, -0.25) is 0 Å². The Hall–Kier alpha value is -0.900. The molecule has 0 radical (unpaired) electrons. The molecule has 1 N–H and O–H groups in total. The van der Waals surface area contributed by atoms with Gasteiger partial charge in [0.2, 0.25) is 0 Å². The second-order valence-electron chi connectivity index (χ2n) is 2.06. The van der Waals surface area contributed by atoms with E-state index in [9.17, 15) is 0 Å². The van der Waals surface area contributed by atoms with Gasteiger partial charge in [-0.2, -0.15) is 9.68 Å². The second-order valence-corrected chi connectivity index (χ2v) is 2.06. The van der Waals surface area contributed by atoms with Crippen LogP contribution in [-0.2, 0) is 9.68 Å². The lowest BCUT2D eigenvalue weighted by Crippen LogP contribution is -3.04. The lowest BCUT2D eigenvalue weighted by atomic mass is 10.3. The molecule has 0 amide bonds. The number of hydrogen-bond donors (Lipinski definition) is 1. The molecule has 0 saturated carbocycles. The van der Waals surface area contributed by atoms with Crippen molar-refractivity contribution in [3.8, 4) is 0 Å². The van der Waals surface area contributed by atoms with E-state index in [0.717, 1.165) is 5.69 Å². The Morgan fingerprint density at radius 2 is 1.55 bits per heavy atom. The first kappa shape index (κ1) is 8.20. The SMILES string of the molecule is CO[NH+](OC)c1ccccc1. The minimum Gasteiger partial charge on any atom is -0.168 e. The third-order valence-electron chi connectivity index (χ3n) is 1.38. The molecule has 0 unspecified atom stereocenters. The van der Waals surface area contributed by atoms with E-state index < -0.39 is 0 Å². The molecule has 1 aromatic carbocycles. The highest BCUT2D eigenvalue weighted by atomic mass is 16.9. The quantitative estimate of drug-likeness (QED) is 0.634. The molecule has 1 rings (SSSR count). The summed E-state index contributed by atoms with van der Waals surface area (Å²) in [6.07, 6.45) is 0. The predicted molar refractivity (Wildman–Crippen MR) is 41.1 cm³/mol. The van der Waals surface area contributed by atoms with Crippen LogP contribution in [0.15, 0.2) is 30.3 Å². The van der Waals surface area contributed by atoms with Gasteiger partial charge in [-0.1, -0.05) is 18.2 Å². The molecule has 3 nitrogen and oxygen atoms in total. The van der Waals surface area contributed by atoms with Gasteiger partial charge in [-0.25, -0.2) is 0 Å². The molecule has 0 heterocycles. The van der Waals surface area contributed by atoms with Crippen LogP contribution in [0, 0.1) is 0 Å². The van der Waals surface area contributed by atoms with Gasteiger partial charge in [0.05, 0.1) is 0 Å². The molecule has 0 fully saturated rings. The van der Waals surface area contributed by atoms with Crippen LogP contribution < -0.4 is 5.23 Å². The van der Waals surface area contributed by atoms with Crippen LogP contribution in [0.1, 0.15) is 0 Å². The summed E-state index contributed by atoms with van der Waals surface area (Å²) < 4.78 is 0. The lowest BCUT2D eigenvalue weighted by Gasteiger charge is -2.08.